The Morgan fingerprint density at radius 3 is 2.42 bits per heavy atom. The highest BCUT2D eigenvalue weighted by Crippen LogP contribution is 2.52. The quantitative estimate of drug-likeness (QED) is 0.318. The molecule has 1 aliphatic heterocycles. The van der Waals surface area contributed by atoms with E-state index in [0.717, 1.165) is 16.3 Å². The molecule has 0 radical (unpaired) electrons. The lowest BCUT2D eigenvalue weighted by molar-refractivity contribution is -0.286. The molecule has 2 aliphatic rings. The highest BCUT2D eigenvalue weighted by Gasteiger charge is 2.53. The molecule has 0 unspecified atom stereocenters. The summed E-state index contributed by atoms with van der Waals surface area (Å²) in [5.74, 6) is -0.0627. The molecule has 1 saturated carbocycles. The zero-order chi connectivity index (χ0) is 25.1. The normalized spacial score (nSPS) is 16.5. The number of anilines is 1. The highest BCUT2D eigenvalue weighted by atomic mass is 19.3. The maximum absolute atomic E-state index is 13.4. The Morgan fingerprint density at radius 1 is 0.972 bits per heavy atom. The van der Waals surface area contributed by atoms with Crippen LogP contribution in [0.2, 0.25) is 0 Å². The number of alkyl halides is 2. The first-order valence-electron chi connectivity index (χ1n) is 11.3. The third-order valence-corrected chi connectivity index (χ3v) is 6.61. The van der Waals surface area contributed by atoms with Crippen LogP contribution in [0.3, 0.4) is 0 Å². The molecule has 0 saturated heterocycles. The molecular formula is C28H20F2N2O4. The average Bonchev–Trinajstić information content (AvgIpc) is 3.60. The number of hydrogen-bond acceptors (Lipinski definition) is 5. The predicted molar refractivity (Wildman–Crippen MR) is 131 cm³/mol. The van der Waals surface area contributed by atoms with Crippen LogP contribution in [-0.4, -0.2) is 22.3 Å². The number of fused-ring (bicyclic) bond motifs is 2. The first kappa shape index (κ1) is 22.0. The number of aliphatic hydroxyl groups excluding tert-OH is 1. The Labute approximate surface area is 204 Å². The van der Waals surface area contributed by atoms with Gasteiger partial charge in [-0.05, 0) is 42.0 Å². The van der Waals surface area contributed by atoms with Crippen molar-refractivity contribution in [1.82, 2.24) is 4.98 Å². The number of carbonyl (C=O) groups is 1. The summed E-state index contributed by atoms with van der Waals surface area (Å²) in [6, 6.07) is 21.1. The molecule has 2 N–H and O–H groups in total. The minimum atomic E-state index is -3.71. The van der Waals surface area contributed by atoms with Crippen LogP contribution in [0.5, 0.6) is 11.5 Å². The second-order valence-corrected chi connectivity index (χ2v) is 8.97. The molecule has 1 aromatic heterocycles. The van der Waals surface area contributed by atoms with Gasteiger partial charge in [0.1, 0.15) is 11.6 Å². The van der Waals surface area contributed by atoms with Gasteiger partial charge >= 0.3 is 6.29 Å². The van der Waals surface area contributed by atoms with E-state index in [2.05, 4.69) is 21.4 Å². The van der Waals surface area contributed by atoms with Crippen LogP contribution in [0.1, 0.15) is 24.0 Å². The second kappa shape index (κ2) is 7.78. The molecule has 180 valence electrons. The van der Waals surface area contributed by atoms with E-state index in [-0.39, 0.29) is 23.2 Å². The van der Waals surface area contributed by atoms with E-state index in [1.54, 1.807) is 24.3 Å². The van der Waals surface area contributed by atoms with E-state index in [9.17, 15) is 18.7 Å². The number of ether oxygens (including phenoxy) is 2. The summed E-state index contributed by atoms with van der Waals surface area (Å²) >= 11 is 0. The van der Waals surface area contributed by atoms with Crippen LogP contribution in [0.25, 0.3) is 27.8 Å². The van der Waals surface area contributed by atoms with Crippen molar-refractivity contribution in [2.45, 2.75) is 24.6 Å². The summed E-state index contributed by atoms with van der Waals surface area (Å²) in [4.78, 5) is 18.2. The van der Waals surface area contributed by atoms with Crippen LogP contribution in [-0.2, 0) is 10.2 Å². The lowest BCUT2D eigenvalue weighted by atomic mass is 9.94. The predicted octanol–water partition coefficient (Wildman–Crippen LogP) is 6.42. The van der Waals surface area contributed by atoms with Gasteiger partial charge in [0.15, 0.2) is 11.5 Å². The fourth-order valence-electron chi connectivity index (χ4n) is 4.56. The lowest BCUT2D eigenvalue weighted by Crippen LogP contribution is -2.28. The topological polar surface area (TPSA) is 80.7 Å². The average molecular weight is 486 g/mol. The van der Waals surface area contributed by atoms with Gasteiger partial charge in [-0.15, -0.1) is 8.78 Å². The van der Waals surface area contributed by atoms with E-state index in [0.29, 0.717) is 35.5 Å². The van der Waals surface area contributed by atoms with Crippen molar-refractivity contribution >= 4 is 28.3 Å². The Balaban J connectivity index is 1.33. The number of hydrogen-bond donors (Lipinski definition) is 2. The summed E-state index contributed by atoms with van der Waals surface area (Å²) in [5, 5.41) is 14.4. The fraction of sp³-hybridized carbons (Fsp3) is 0.143. The van der Waals surface area contributed by atoms with Crippen molar-refractivity contribution in [2.24, 2.45) is 0 Å². The SMILES string of the molecule is C=C(O)c1ccc(-c2nc(NC(=O)C3(c4ccc5c(c4)OC(F)(F)O5)CC3)cc3ccccc23)cc1. The molecule has 1 amide bonds. The van der Waals surface area contributed by atoms with Crippen molar-refractivity contribution < 1.29 is 28.2 Å². The zero-order valence-corrected chi connectivity index (χ0v) is 18.9. The number of nitrogens with zero attached hydrogens (tertiary/aromatic N) is 1. The molecule has 4 aromatic rings. The number of carbonyl (C=O) groups excluding carboxylic acids is 1. The molecular weight excluding hydrogens is 466 g/mol. The van der Waals surface area contributed by atoms with E-state index in [1.807, 2.05) is 36.4 Å². The van der Waals surface area contributed by atoms with E-state index < -0.39 is 11.7 Å². The third-order valence-electron chi connectivity index (χ3n) is 6.61. The molecule has 36 heavy (non-hydrogen) atoms. The van der Waals surface area contributed by atoms with Crippen LogP contribution < -0.4 is 14.8 Å². The Hall–Kier alpha value is -4.46. The molecule has 3 aromatic carbocycles. The Morgan fingerprint density at radius 2 is 1.69 bits per heavy atom. The van der Waals surface area contributed by atoms with E-state index in [4.69, 9.17) is 4.98 Å². The number of halogens is 2. The lowest BCUT2D eigenvalue weighted by Gasteiger charge is -2.17. The second-order valence-electron chi connectivity index (χ2n) is 8.97. The molecule has 0 spiro atoms. The molecule has 1 fully saturated rings. The number of nitrogens with one attached hydrogen (secondary N) is 1. The minimum Gasteiger partial charge on any atom is -0.508 e. The Kier molecular flexibility index (Phi) is 4.76. The zero-order valence-electron chi connectivity index (χ0n) is 18.9. The summed E-state index contributed by atoms with van der Waals surface area (Å²) in [5.41, 5.74) is 1.82. The van der Waals surface area contributed by atoms with Crippen molar-refractivity contribution in [3.63, 3.8) is 0 Å². The fourth-order valence-corrected chi connectivity index (χ4v) is 4.56. The summed E-state index contributed by atoms with van der Waals surface area (Å²) in [7, 11) is 0. The number of aliphatic hydroxyl groups is 1. The third kappa shape index (κ3) is 3.71. The summed E-state index contributed by atoms with van der Waals surface area (Å²) in [6.07, 6.45) is -2.57. The van der Waals surface area contributed by atoms with Gasteiger partial charge in [-0.3, -0.25) is 4.79 Å². The van der Waals surface area contributed by atoms with Gasteiger partial charge < -0.3 is 19.9 Å². The van der Waals surface area contributed by atoms with Gasteiger partial charge in [0, 0.05) is 16.5 Å². The number of amides is 1. The maximum atomic E-state index is 13.4. The molecule has 6 rings (SSSR count). The number of rotatable bonds is 5. The van der Waals surface area contributed by atoms with Crippen LogP contribution >= 0.6 is 0 Å². The van der Waals surface area contributed by atoms with Gasteiger partial charge in [-0.25, -0.2) is 4.98 Å². The first-order valence-corrected chi connectivity index (χ1v) is 11.3. The van der Waals surface area contributed by atoms with Gasteiger partial charge in [-0.2, -0.15) is 0 Å². The van der Waals surface area contributed by atoms with Crippen LogP contribution in [0.15, 0.2) is 79.4 Å². The van der Waals surface area contributed by atoms with Gasteiger partial charge in [0.25, 0.3) is 0 Å². The highest BCUT2D eigenvalue weighted by molar-refractivity contribution is 6.03. The van der Waals surface area contributed by atoms with Crippen molar-refractivity contribution in [3.8, 4) is 22.8 Å². The largest absolute Gasteiger partial charge is 0.586 e. The number of aromatic nitrogens is 1. The van der Waals surface area contributed by atoms with Crippen LogP contribution in [0, 0.1) is 0 Å². The number of benzene rings is 3. The smallest absolute Gasteiger partial charge is 0.508 e. The standard InChI is InChI=1S/C28H20F2N2O4/c1-16(33)17-6-8-18(9-7-17)25-21-5-3-2-4-19(21)14-24(31-25)32-26(34)27(12-13-27)20-10-11-22-23(15-20)36-28(29,30)35-22/h2-11,14-15,33H,1,12-13H2,(H,31,32,34). The molecule has 0 atom stereocenters. The molecule has 0 bridgehead atoms. The van der Waals surface area contributed by atoms with Gasteiger partial charge in [0.2, 0.25) is 5.91 Å². The maximum Gasteiger partial charge on any atom is 0.586 e. The Bertz CT molecular complexity index is 1550. The molecule has 8 heteroatoms. The van der Waals surface area contributed by atoms with Crippen molar-refractivity contribution in [2.75, 3.05) is 5.32 Å². The van der Waals surface area contributed by atoms with Gasteiger partial charge in [-0.1, -0.05) is 61.2 Å². The van der Waals surface area contributed by atoms with Crippen molar-refractivity contribution in [1.29, 1.82) is 0 Å². The van der Waals surface area contributed by atoms with E-state index >= 15 is 0 Å². The van der Waals surface area contributed by atoms with E-state index in [1.165, 1.54) is 12.1 Å². The molecule has 6 nitrogen and oxygen atoms in total. The minimum absolute atomic E-state index is 0.0256. The summed E-state index contributed by atoms with van der Waals surface area (Å²) < 4.78 is 35.9. The number of pyridine rings is 1. The molecule has 1 aliphatic carbocycles. The summed E-state index contributed by atoms with van der Waals surface area (Å²) in [6.45, 7) is 3.55. The first-order chi connectivity index (χ1) is 17.2. The molecule has 2 heterocycles. The monoisotopic (exact) mass is 486 g/mol. The van der Waals surface area contributed by atoms with Crippen molar-refractivity contribution in [3.05, 3.63) is 90.5 Å². The van der Waals surface area contributed by atoms with Gasteiger partial charge in [0.05, 0.1) is 11.1 Å². The van der Waals surface area contributed by atoms with Crippen LogP contribution in [0.4, 0.5) is 14.6 Å².